The lowest BCUT2D eigenvalue weighted by molar-refractivity contribution is -0.191. The minimum Gasteiger partial charge on any atom is -0.459 e. The number of alkyl halides is 2. The third kappa shape index (κ3) is 3.15. The van der Waals surface area contributed by atoms with Gasteiger partial charge in [0, 0.05) is 28.4 Å². The number of rotatable bonds is 3. The largest absolute Gasteiger partial charge is 0.459 e. The monoisotopic (exact) mass is 534 g/mol. The molecule has 0 amide bonds. The Morgan fingerprint density at radius 3 is 2.41 bits per heavy atom. The Morgan fingerprint density at radius 1 is 1.14 bits per heavy atom. The lowest BCUT2D eigenvalue weighted by Gasteiger charge is -2.51. The fourth-order valence-electron chi connectivity index (χ4n) is 7.16. The molecule has 4 fully saturated rings. The van der Waals surface area contributed by atoms with E-state index in [0.717, 1.165) is 25.7 Å². The lowest BCUT2D eigenvalue weighted by Crippen LogP contribution is -2.59. The van der Waals surface area contributed by atoms with Crippen LogP contribution in [0.4, 0.5) is 0 Å². The molecule has 1 saturated heterocycles. The van der Waals surface area contributed by atoms with Gasteiger partial charge in [-0.3, -0.25) is 9.59 Å². The Balaban J connectivity index is 1.74. The molecule has 0 radical (unpaired) electrons. The van der Waals surface area contributed by atoms with Gasteiger partial charge in [0.1, 0.15) is 17.3 Å². The molecule has 1 aliphatic heterocycles. The van der Waals surface area contributed by atoms with Crippen molar-refractivity contribution in [2.75, 3.05) is 0 Å². The first-order valence-corrected chi connectivity index (χ1v) is 12.6. The van der Waals surface area contributed by atoms with Gasteiger partial charge in [0.05, 0.1) is 5.41 Å². The number of halogens is 2. The van der Waals surface area contributed by atoms with Crippen LogP contribution in [0.5, 0.6) is 0 Å². The van der Waals surface area contributed by atoms with Crippen LogP contribution in [0.1, 0.15) is 72.6 Å². The van der Waals surface area contributed by atoms with Crippen LogP contribution in [0.15, 0.2) is 0 Å². The van der Waals surface area contributed by atoms with E-state index in [-0.39, 0.29) is 34.0 Å². The van der Waals surface area contributed by atoms with E-state index in [2.05, 4.69) is 45.7 Å². The van der Waals surface area contributed by atoms with Crippen LogP contribution in [0.3, 0.4) is 0 Å². The zero-order valence-corrected chi connectivity index (χ0v) is 20.8. The van der Waals surface area contributed by atoms with Gasteiger partial charge in [0.25, 0.3) is 0 Å². The highest BCUT2D eigenvalue weighted by Gasteiger charge is 2.74. The Labute approximate surface area is 189 Å². The molecule has 7 heteroatoms. The van der Waals surface area contributed by atoms with E-state index in [4.69, 9.17) is 9.47 Å². The Morgan fingerprint density at radius 2 is 1.79 bits per heavy atom. The van der Waals surface area contributed by atoms with E-state index >= 15 is 0 Å². The highest BCUT2D eigenvalue weighted by Crippen LogP contribution is 2.68. The van der Waals surface area contributed by atoms with Crippen LogP contribution in [-0.2, 0) is 19.1 Å². The summed E-state index contributed by atoms with van der Waals surface area (Å²) in [4.78, 5) is 25.5. The van der Waals surface area contributed by atoms with Crippen molar-refractivity contribution in [2.24, 2.45) is 22.7 Å². The number of esters is 2. The van der Waals surface area contributed by atoms with Crippen molar-refractivity contribution in [3.05, 3.63) is 0 Å². The van der Waals surface area contributed by atoms with Crippen LogP contribution in [0.25, 0.3) is 0 Å². The molecular weight excluding hydrogens is 504 g/mol. The van der Waals surface area contributed by atoms with Crippen molar-refractivity contribution in [3.63, 3.8) is 0 Å². The summed E-state index contributed by atoms with van der Waals surface area (Å²) in [5, 5.41) is 11.9. The average Bonchev–Trinajstić information content (AvgIpc) is 3.09. The van der Waals surface area contributed by atoms with Gasteiger partial charge in [-0.25, -0.2) is 0 Å². The molecule has 164 valence electrons. The van der Waals surface area contributed by atoms with Crippen molar-refractivity contribution >= 4 is 43.8 Å². The van der Waals surface area contributed by atoms with Gasteiger partial charge in [0.15, 0.2) is 0 Å². The minimum atomic E-state index is -1.10. The van der Waals surface area contributed by atoms with Gasteiger partial charge >= 0.3 is 11.9 Å². The van der Waals surface area contributed by atoms with Gasteiger partial charge in [0.2, 0.25) is 0 Å². The Hall–Kier alpha value is -0.140. The predicted octanol–water partition coefficient (Wildman–Crippen LogP) is 4.51. The number of aliphatic hydroxyl groups is 1. The summed E-state index contributed by atoms with van der Waals surface area (Å²) in [6, 6.07) is 0. The van der Waals surface area contributed by atoms with Crippen molar-refractivity contribution in [2.45, 2.75) is 99.6 Å². The molecule has 4 aliphatic rings. The number of hydrogen-bond acceptors (Lipinski definition) is 5. The summed E-state index contributed by atoms with van der Waals surface area (Å²) in [6.07, 6.45) is 4.47. The molecule has 2 bridgehead atoms. The molecule has 5 nitrogen and oxygen atoms in total. The average molecular weight is 536 g/mol. The van der Waals surface area contributed by atoms with Gasteiger partial charge < -0.3 is 14.6 Å². The minimum absolute atomic E-state index is 0.0567. The molecule has 0 aromatic carbocycles. The molecule has 4 rings (SSSR count). The van der Waals surface area contributed by atoms with Crippen molar-refractivity contribution in [3.8, 4) is 0 Å². The maximum atomic E-state index is 13.0. The molecule has 3 saturated carbocycles. The summed E-state index contributed by atoms with van der Waals surface area (Å²) in [5.74, 6) is -0.647. The molecule has 29 heavy (non-hydrogen) atoms. The predicted molar refractivity (Wildman–Crippen MR) is 116 cm³/mol. The molecule has 1 heterocycles. The summed E-state index contributed by atoms with van der Waals surface area (Å²) in [5.41, 5.74) is -2.36. The lowest BCUT2D eigenvalue weighted by atomic mass is 9.58. The van der Waals surface area contributed by atoms with Gasteiger partial charge in [-0.2, -0.15) is 0 Å². The molecule has 8 atom stereocenters. The molecule has 0 aromatic heterocycles. The maximum absolute atomic E-state index is 13.0. The number of ether oxygens (including phenoxy) is 2. The summed E-state index contributed by atoms with van der Waals surface area (Å²) < 4.78 is 11.9. The highest BCUT2D eigenvalue weighted by molar-refractivity contribution is 9.09. The number of hydrogen-bond donors (Lipinski definition) is 1. The second kappa shape index (κ2) is 6.93. The molecule has 0 aromatic rings. The molecule has 1 N–H and O–H groups in total. The van der Waals surface area contributed by atoms with Crippen molar-refractivity contribution in [1.29, 1.82) is 0 Å². The fourth-order valence-corrected chi connectivity index (χ4v) is 8.48. The van der Waals surface area contributed by atoms with Crippen LogP contribution < -0.4 is 0 Å². The second-order valence-electron chi connectivity index (χ2n) is 10.7. The summed E-state index contributed by atoms with van der Waals surface area (Å²) in [7, 11) is 0. The summed E-state index contributed by atoms with van der Waals surface area (Å²) in [6.45, 7) is 7.73. The van der Waals surface area contributed by atoms with E-state index in [0.29, 0.717) is 24.1 Å². The van der Waals surface area contributed by atoms with E-state index in [1.54, 1.807) is 0 Å². The quantitative estimate of drug-likeness (QED) is 0.425. The van der Waals surface area contributed by atoms with Gasteiger partial charge in [-0.1, -0.05) is 45.7 Å². The van der Waals surface area contributed by atoms with E-state index in [1.165, 1.54) is 6.92 Å². The smallest absolute Gasteiger partial charge is 0.314 e. The summed E-state index contributed by atoms with van der Waals surface area (Å²) >= 11 is 7.55. The zero-order valence-electron chi connectivity index (χ0n) is 17.7. The van der Waals surface area contributed by atoms with Crippen LogP contribution in [0.2, 0.25) is 0 Å². The normalized spacial score (nSPS) is 49.3. The number of carbonyl (C=O) groups is 2. The third-order valence-electron chi connectivity index (χ3n) is 8.34. The first-order chi connectivity index (χ1) is 13.4. The molecular formula is C22H32Br2O5. The first kappa shape index (κ1) is 22.1. The van der Waals surface area contributed by atoms with Gasteiger partial charge in [-0.15, -0.1) is 0 Å². The van der Waals surface area contributed by atoms with Crippen LogP contribution in [0, 0.1) is 22.7 Å². The second-order valence-corrected chi connectivity index (χ2v) is 12.9. The Bertz CT molecular complexity index is 726. The van der Waals surface area contributed by atoms with Crippen LogP contribution >= 0.6 is 31.9 Å². The van der Waals surface area contributed by atoms with Crippen molar-refractivity contribution < 1.29 is 24.2 Å². The highest BCUT2D eigenvalue weighted by atomic mass is 79.9. The van der Waals surface area contributed by atoms with Crippen LogP contribution in [-0.4, -0.2) is 44.0 Å². The van der Waals surface area contributed by atoms with E-state index in [9.17, 15) is 14.7 Å². The molecule has 0 spiro atoms. The SMILES string of the molecule is CC(=O)O[C@H]([C@@H]1CC[C@]23C(=O)O[C@](C)(CC[C@@H]2Br)C13)[C@@]1(O)CC[C@H](Br)C(C)(C)C1. The number of carbonyl (C=O) groups excluding carboxylic acids is 2. The van der Waals surface area contributed by atoms with E-state index < -0.39 is 22.7 Å². The molecule has 3 aliphatic carbocycles. The zero-order chi connectivity index (χ0) is 21.4. The molecule has 1 unspecified atom stereocenters. The maximum Gasteiger partial charge on any atom is 0.314 e. The topological polar surface area (TPSA) is 72.8 Å². The third-order valence-corrected chi connectivity index (χ3v) is 11.3. The first-order valence-electron chi connectivity index (χ1n) is 10.8. The standard InChI is InChI=1S/C22H32Br2O5/c1-12(25)28-17(21(27)9-7-14(23)19(2,3)11-21)13-5-10-22-15(24)6-8-20(4,16(13)22)29-18(22)26/h13-17,27H,5-11H2,1-4H3/t13-,14+,15+,16?,17-,20-,21-,22+/m1/s1. The van der Waals surface area contributed by atoms with Gasteiger partial charge in [-0.05, 0) is 57.3 Å². The fraction of sp³-hybridized carbons (Fsp3) is 0.909. The van der Waals surface area contributed by atoms with Crippen molar-refractivity contribution in [1.82, 2.24) is 0 Å². The van der Waals surface area contributed by atoms with E-state index in [1.807, 2.05) is 6.92 Å². The Kier molecular flexibility index (Phi) is 5.27.